The lowest BCUT2D eigenvalue weighted by molar-refractivity contribution is -0.204. The molecule has 5 atom stereocenters. The number of alkyl halides is 3. The lowest BCUT2D eigenvalue weighted by Gasteiger charge is -2.36. The van der Waals surface area contributed by atoms with Gasteiger partial charge in [0.15, 0.2) is 6.29 Å². The molecule has 0 bridgehead atoms. The van der Waals surface area contributed by atoms with E-state index in [0.717, 1.165) is 11.6 Å². The molecule has 1 saturated heterocycles. The van der Waals surface area contributed by atoms with Gasteiger partial charge in [-0.25, -0.2) is 14.5 Å². The van der Waals surface area contributed by atoms with Crippen molar-refractivity contribution < 1.29 is 51.6 Å². The van der Waals surface area contributed by atoms with Crippen molar-refractivity contribution in [1.82, 2.24) is 4.90 Å². The van der Waals surface area contributed by atoms with Crippen LogP contribution < -0.4 is 0 Å². The van der Waals surface area contributed by atoms with Crippen molar-refractivity contribution in [3.63, 3.8) is 0 Å². The first kappa shape index (κ1) is 34.9. The molecule has 0 radical (unpaired) electrons. The van der Waals surface area contributed by atoms with Crippen molar-refractivity contribution in [2.24, 2.45) is 0 Å². The van der Waals surface area contributed by atoms with Gasteiger partial charge < -0.3 is 28.8 Å². The molecule has 0 aromatic heterocycles. The Hall–Kier alpha value is -2.15. The van der Waals surface area contributed by atoms with Crippen LogP contribution in [0.25, 0.3) is 0 Å². The largest absolute Gasteiger partial charge is 0.443 e. The first-order chi connectivity index (χ1) is 17.7. The van der Waals surface area contributed by atoms with E-state index in [1.807, 2.05) is 0 Å². The summed E-state index contributed by atoms with van der Waals surface area (Å²) in [4.78, 5) is 27.0. The molecule has 1 N–H and O–H groups in total. The topological polar surface area (TPSA) is 104 Å². The van der Waals surface area contributed by atoms with E-state index in [-0.39, 0.29) is 25.7 Å². The normalized spacial score (nSPS) is 25.4. The quantitative estimate of drug-likeness (QED) is 0.380. The van der Waals surface area contributed by atoms with Crippen LogP contribution in [0.15, 0.2) is 24.3 Å². The van der Waals surface area contributed by atoms with Gasteiger partial charge in [-0.1, -0.05) is 18.2 Å². The molecule has 0 aromatic rings. The fourth-order valence-corrected chi connectivity index (χ4v) is 3.77. The summed E-state index contributed by atoms with van der Waals surface area (Å²) < 4.78 is 66.0. The Morgan fingerprint density at radius 1 is 1.03 bits per heavy atom. The van der Waals surface area contributed by atoms with Gasteiger partial charge in [-0.05, 0) is 74.7 Å². The van der Waals surface area contributed by atoms with Crippen molar-refractivity contribution in [1.29, 1.82) is 0 Å². The Labute approximate surface area is 229 Å². The minimum absolute atomic E-state index is 0.0713. The van der Waals surface area contributed by atoms with E-state index < -0.39 is 60.2 Å². The molecule has 0 saturated carbocycles. The molecule has 12 heteroatoms. The Bertz CT molecular complexity index is 819. The Morgan fingerprint density at radius 2 is 1.56 bits per heavy atom. The van der Waals surface area contributed by atoms with Crippen LogP contribution in [0.4, 0.5) is 22.8 Å². The van der Waals surface area contributed by atoms with E-state index in [9.17, 15) is 27.9 Å². The first-order valence-electron chi connectivity index (χ1n) is 12.9. The zero-order valence-electron chi connectivity index (χ0n) is 24.2. The molecule has 0 aliphatic carbocycles. The molecule has 2 amide bonds. The summed E-state index contributed by atoms with van der Waals surface area (Å²) in [5.41, 5.74) is -1.17. The maximum absolute atomic E-state index is 13.1. The molecular weight excluding hydrogens is 523 g/mol. The maximum atomic E-state index is 13.1. The molecule has 1 heterocycles. The van der Waals surface area contributed by atoms with Gasteiger partial charge in [0.05, 0.1) is 31.5 Å². The number of carbonyl (C=O) groups excluding carboxylic acids is 2. The molecule has 0 spiro atoms. The summed E-state index contributed by atoms with van der Waals surface area (Å²) in [6, 6.07) is -1.19. The third-order valence-electron chi connectivity index (χ3n) is 5.25. The third kappa shape index (κ3) is 13.7. The van der Waals surface area contributed by atoms with Crippen LogP contribution >= 0.6 is 0 Å². The summed E-state index contributed by atoms with van der Waals surface area (Å²) in [5, 5.41) is 11.1. The molecule has 1 aliphatic heterocycles. The summed E-state index contributed by atoms with van der Waals surface area (Å²) in [6.45, 7) is 16.7. The summed E-state index contributed by atoms with van der Waals surface area (Å²) >= 11 is 0. The van der Waals surface area contributed by atoms with E-state index >= 15 is 0 Å². The maximum Gasteiger partial charge on any atom is 0.420 e. The number of hydrogen-bond donors (Lipinski definition) is 1. The second-order valence-corrected chi connectivity index (χ2v) is 11.6. The number of imide groups is 1. The molecule has 1 fully saturated rings. The van der Waals surface area contributed by atoms with Crippen LogP contribution in [-0.2, 0) is 23.7 Å². The number of halogens is 3. The molecule has 0 aromatic carbocycles. The smallest absolute Gasteiger partial charge is 0.420 e. The van der Waals surface area contributed by atoms with Crippen molar-refractivity contribution >= 4 is 12.2 Å². The molecule has 1 rings (SSSR count). The van der Waals surface area contributed by atoms with Gasteiger partial charge in [0.25, 0.3) is 0 Å². The van der Waals surface area contributed by atoms with Gasteiger partial charge in [0, 0.05) is 6.08 Å². The van der Waals surface area contributed by atoms with Crippen molar-refractivity contribution in [3.8, 4) is 0 Å². The van der Waals surface area contributed by atoms with Gasteiger partial charge in [-0.15, -0.1) is 0 Å². The molecule has 9 nitrogen and oxygen atoms in total. The van der Waals surface area contributed by atoms with Crippen molar-refractivity contribution in [2.45, 2.75) is 123 Å². The van der Waals surface area contributed by atoms with Crippen LogP contribution in [0.5, 0.6) is 0 Å². The highest BCUT2D eigenvalue weighted by Gasteiger charge is 2.43. The van der Waals surface area contributed by atoms with E-state index in [1.165, 1.54) is 0 Å². The average molecular weight is 568 g/mol. The first-order valence-corrected chi connectivity index (χ1v) is 12.9. The van der Waals surface area contributed by atoms with Gasteiger partial charge >= 0.3 is 18.4 Å². The van der Waals surface area contributed by atoms with E-state index in [1.54, 1.807) is 55.4 Å². The zero-order chi connectivity index (χ0) is 30.2. The number of aliphatic hydroxyl groups excluding tert-OH is 1. The monoisotopic (exact) mass is 567 g/mol. The molecular formula is C27H44F3NO8. The van der Waals surface area contributed by atoms with E-state index in [0.29, 0.717) is 17.7 Å². The highest BCUT2D eigenvalue weighted by molar-refractivity contribution is 5.88. The molecule has 39 heavy (non-hydrogen) atoms. The van der Waals surface area contributed by atoms with E-state index in [2.05, 4.69) is 6.58 Å². The Kier molecular flexibility index (Phi) is 12.9. The number of carbonyl (C=O) groups is 2. The number of allylic oxidation sites excluding steroid dienone is 1. The van der Waals surface area contributed by atoms with Gasteiger partial charge in [-0.3, -0.25) is 0 Å². The second kappa shape index (κ2) is 14.5. The fraction of sp³-hybridized carbons (Fsp3) is 0.778. The molecule has 1 unspecified atom stereocenters. The van der Waals surface area contributed by atoms with E-state index in [4.69, 9.17) is 23.7 Å². The predicted octanol–water partition coefficient (Wildman–Crippen LogP) is 5.90. The third-order valence-corrected chi connectivity index (χ3v) is 5.25. The zero-order valence-corrected chi connectivity index (χ0v) is 24.2. The number of rotatable bonds is 7. The summed E-state index contributed by atoms with van der Waals surface area (Å²) in [6.07, 6.45) is -8.98. The van der Waals surface area contributed by atoms with Crippen LogP contribution in [0.3, 0.4) is 0 Å². The van der Waals surface area contributed by atoms with Crippen LogP contribution in [-0.4, -0.2) is 83.4 Å². The highest BCUT2D eigenvalue weighted by Crippen LogP contribution is 2.28. The second-order valence-electron chi connectivity index (χ2n) is 11.6. The lowest BCUT2D eigenvalue weighted by Crippen LogP contribution is -2.54. The SMILES string of the molecule is C=C(C)CO[C@H]1CCC[C@H](N(C(=O)OC(C)(C)C)C(=O)OC(C)(C)C)C(O)O[C@@H](C)[C@@H]1OC/C=C/C(F)(F)F. The van der Waals surface area contributed by atoms with Gasteiger partial charge in [-0.2, -0.15) is 13.2 Å². The van der Waals surface area contributed by atoms with Crippen LogP contribution in [0.1, 0.15) is 74.7 Å². The number of nitrogens with zero attached hydrogens (tertiary/aromatic N) is 1. The Balaban J connectivity index is 3.31. The Morgan fingerprint density at radius 3 is 2.03 bits per heavy atom. The minimum Gasteiger partial charge on any atom is -0.443 e. The molecule has 1 aliphatic rings. The number of amides is 2. The minimum atomic E-state index is -4.49. The standard InChI is InChI=1S/C27H44F3NO8/c1-17(2)16-36-20-13-10-12-19(22(32)37-18(3)21(20)35-15-11-14-27(28,29)30)31(23(33)38-25(4,5)6)24(34)39-26(7,8)9/h11,14,18-22,32H,1,10,12-13,15-16H2,2-9H3/b14-11+/t18-,19-,20-,21-,22?/m0/s1. The average Bonchev–Trinajstić information content (AvgIpc) is 2.76. The summed E-state index contributed by atoms with van der Waals surface area (Å²) in [5.74, 6) is 0. The van der Waals surface area contributed by atoms with Gasteiger partial charge in [0.2, 0.25) is 0 Å². The lowest BCUT2D eigenvalue weighted by atomic mass is 10.0. The number of aliphatic hydroxyl groups is 1. The van der Waals surface area contributed by atoms with Crippen molar-refractivity contribution in [3.05, 3.63) is 24.3 Å². The number of hydrogen-bond acceptors (Lipinski definition) is 8. The van der Waals surface area contributed by atoms with Crippen molar-refractivity contribution in [2.75, 3.05) is 13.2 Å². The van der Waals surface area contributed by atoms with Crippen LogP contribution in [0.2, 0.25) is 0 Å². The highest BCUT2D eigenvalue weighted by atomic mass is 19.4. The predicted molar refractivity (Wildman–Crippen MR) is 138 cm³/mol. The molecule has 226 valence electrons. The number of ether oxygens (including phenoxy) is 5. The van der Waals surface area contributed by atoms with Gasteiger partial charge in [0.1, 0.15) is 17.3 Å². The van der Waals surface area contributed by atoms with Crippen LogP contribution in [0, 0.1) is 0 Å². The summed E-state index contributed by atoms with van der Waals surface area (Å²) in [7, 11) is 0. The fourth-order valence-electron chi connectivity index (χ4n) is 3.77.